The molecule has 0 saturated heterocycles. The highest BCUT2D eigenvalue weighted by molar-refractivity contribution is 6.14. The number of nitrogens with zero attached hydrogens (tertiary/aromatic N) is 1. The lowest BCUT2D eigenvalue weighted by Crippen LogP contribution is -2.69. The van der Waals surface area contributed by atoms with Crippen LogP contribution in [0.2, 0.25) is 0 Å². The van der Waals surface area contributed by atoms with Crippen LogP contribution in [0.25, 0.3) is 0 Å². The Hall–Kier alpha value is -2.72. The number of carbonyl (C=O) groups is 2. The first-order chi connectivity index (χ1) is 15.4. The smallest absolute Gasteiger partial charge is 0.196 e. The van der Waals surface area contributed by atoms with Crippen molar-refractivity contribution in [2.24, 2.45) is 11.8 Å². The van der Waals surface area contributed by atoms with Crippen molar-refractivity contribution < 1.29 is 39.9 Å². The number of aromatic hydroxyl groups is 1. The molecule has 0 fully saturated rings. The van der Waals surface area contributed by atoms with Crippen molar-refractivity contribution in [3.05, 3.63) is 52.0 Å². The Kier molecular flexibility index (Phi) is 5.44. The highest BCUT2D eigenvalue weighted by Crippen LogP contribution is 2.56. The monoisotopic (exact) mass is 459 g/mol. The lowest BCUT2D eigenvalue weighted by atomic mass is 9.54. The molecule has 0 amide bonds. The van der Waals surface area contributed by atoms with E-state index in [1.807, 2.05) is 0 Å². The van der Waals surface area contributed by atoms with Crippen LogP contribution < -0.4 is 0 Å². The molecule has 0 bridgehead atoms. The maximum absolute atomic E-state index is 13.5. The number of phenolic OH excluding ortho intramolecular Hbond substituents is 1. The summed E-state index contributed by atoms with van der Waals surface area (Å²) in [6.45, 7) is 2.95. The standard InChI is InChI=1S/C24H29NO8/c1-9-11-7-6-8-12(27)15(11)19(28)16-13(9)20(29)17-18(25(3)4)21(30)14(10(2)26)23(33-5)24(17,32)22(16)31/h6-9,13,17-18,20,23,27,29-32H,1-5H3/t9-,13+,17+,18-,20-,23?,24-/m0/s1. The number of Topliss-reactive ketones (excluding diaryl/α,β-unsaturated/α-hetero) is 2. The van der Waals surface area contributed by atoms with Crippen LogP contribution in [-0.2, 0) is 9.53 Å². The number of fused-ring (bicyclic) bond motifs is 3. The van der Waals surface area contributed by atoms with Crippen LogP contribution in [0.3, 0.4) is 0 Å². The highest BCUT2D eigenvalue weighted by Gasteiger charge is 2.67. The van der Waals surface area contributed by atoms with Crippen molar-refractivity contribution in [3.63, 3.8) is 0 Å². The highest BCUT2D eigenvalue weighted by atomic mass is 16.5. The fourth-order valence-corrected chi connectivity index (χ4v) is 6.14. The molecule has 3 aliphatic rings. The molecular formula is C24H29NO8. The molecule has 0 heterocycles. The Balaban J connectivity index is 2.07. The molecule has 1 unspecified atom stereocenters. The van der Waals surface area contributed by atoms with Gasteiger partial charge in [-0.15, -0.1) is 0 Å². The Morgan fingerprint density at radius 3 is 2.36 bits per heavy atom. The van der Waals surface area contributed by atoms with Crippen LogP contribution in [0.4, 0.5) is 0 Å². The molecule has 5 N–H and O–H groups in total. The molecule has 0 radical (unpaired) electrons. The average Bonchev–Trinajstić information content (AvgIpc) is 2.74. The van der Waals surface area contributed by atoms with Gasteiger partial charge in [0.1, 0.15) is 23.4 Å². The summed E-state index contributed by atoms with van der Waals surface area (Å²) in [5, 5.41) is 56.5. The van der Waals surface area contributed by atoms with E-state index >= 15 is 0 Å². The SMILES string of the molecule is COC1C(C(C)=O)=C(O)[C@@H](N(C)C)[C@@H]2[C@@H](O)[C@H]3C(=C(O)[C@]12O)C(=O)c1c(O)cccc1[C@@H]3C. The lowest BCUT2D eigenvalue weighted by molar-refractivity contribution is -0.182. The second-order valence-electron chi connectivity index (χ2n) is 9.37. The zero-order valence-corrected chi connectivity index (χ0v) is 19.1. The number of phenols is 1. The number of carbonyl (C=O) groups excluding carboxylic acids is 2. The minimum atomic E-state index is -2.39. The predicted molar refractivity (Wildman–Crippen MR) is 117 cm³/mol. The van der Waals surface area contributed by atoms with Gasteiger partial charge < -0.3 is 30.3 Å². The Morgan fingerprint density at radius 1 is 1.18 bits per heavy atom. The third kappa shape index (κ3) is 2.86. The van der Waals surface area contributed by atoms with Crippen LogP contribution in [0.1, 0.15) is 35.7 Å². The summed E-state index contributed by atoms with van der Waals surface area (Å²) in [4.78, 5) is 27.5. The molecule has 1 aromatic carbocycles. The third-order valence-electron chi connectivity index (χ3n) is 7.52. The minimum absolute atomic E-state index is 0.00355. The maximum atomic E-state index is 13.5. The Bertz CT molecular complexity index is 1110. The van der Waals surface area contributed by atoms with Crippen molar-refractivity contribution in [2.75, 3.05) is 21.2 Å². The van der Waals surface area contributed by atoms with Gasteiger partial charge in [-0.25, -0.2) is 0 Å². The zero-order valence-electron chi connectivity index (χ0n) is 19.1. The van der Waals surface area contributed by atoms with E-state index in [4.69, 9.17) is 4.74 Å². The van der Waals surface area contributed by atoms with E-state index in [-0.39, 0.29) is 28.2 Å². The van der Waals surface area contributed by atoms with Crippen LogP contribution in [0.15, 0.2) is 40.9 Å². The molecule has 9 nitrogen and oxygen atoms in total. The summed E-state index contributed by atoms with van der Waals surface area (Å²) in [5.41, 5.74) is -2.36. The van der Waals surface area contributed by atoms with Gasteiger partial charge >= 0.3 is 0 Å². The number of ketones is 2. The van der Waals surface area contributed by atoms with E-state index < -0.39 is 58.9 Å². The summed E-state index contributed by atoms with van der Waals surface area (Å²) < 4.78 is 5.42. The molecule has 0 aromatic heterocycles. The van der Waals surface area contributed by atoms with Gasteiger partial charge in [0.2, 0.25) is 0 Å². The molecule has 4 rings (SSSR count). The predicted octanol–water partition coefficient (Wildman–Crippen LogP) is 1.20. The second-order valence-corrected chi connectivity index (χ2v) is 9.37. The summed E-state index contributed by atoms with van der Waals surface area (Å²) in [5.74, 6) is -5.33. The molecule has 0 saturated carbocycles. The molecule has 0 spiro atoms. The zero-order chi connectivity index (χ0) is 24.6. The summed E-state index contributed by atoms with van der Waals surface area (Å²) in [6.07, 6.45) is -2.94. The van der Waals surface area contributed by atoms with Crippen LogP contribution in [0, 0.1) is 11.8 Å². The summed E-state index contributed by atoms with van der Waals surface area (Å²) >= 11 is 0. The van der Waals surface area contributed by atoms with Gasteiger partial charge in [-0.3, -0.25) is 14.5 Å². The summed E-state index contributed by atoms with van der Waals surface area (Å²) in [7, 11) is 4.42. The van der Waals surface area contributed by atoms with Gasteiger partial charge in [-0.05, 0) is 38.6 Å². The van der Waals surface area contributed by atoms with Crippen LogP contribution in [0.5, 0.6) is 5.75 Å². The largest absolute Gasteiger partial charge is 0.510 e. The average molecular weight is 459 g/mol. The van der Waals surface area contributed by atoms with E-state index in [9.17, 15) is 35.1 Å². The molecule has 9 heteroatoms. The molecule has 178 valence electrons. The Labute approximate surface area is 191 Å². The van der Waals surface area contributed by atoms with E-state index in [1.165, 1.54) is 25.0 Å². The van der Waals surface area contributed by atoms with Gasteiger partial charge in [-0.2, -0.15) is 0 Å². The first-order valence-electron chi connectivity index (χ1n) is 10.7. The van der Waals surface area contributed by atoms with E-state index in [0.29, 0.717) is 5.56 Å². The number of aliphatic hydroxyl groups is 4. The molecule has 7 atom stereocenters. The maximum Gasteiger partial charge on any atom is 0.196 e. The van der Waals surface area contributed by atoms with Crippen molar-refractivity contribution >= 4 is 11.6 Å². The van der Waals surface area contributed by atoms with Crippen molar-refractivity contribution in [3.8, 4) is 5.75 Å². The molecular weight excluding hydrogens is 430 g/mol. The number of benzene rings is 1. The first-order valence-corrected chi connectivity index (χ1v) is 10.7. The third-order valence-corrected chi connectivity index (χ3v) is 7.52. The number of rotatable bonds is 3. The van der Waals surface area contributed by atoms with E-state index in [0.717, 1.165) is 0 Å². The van der Waals surface area contributed by atoms with Gasteiger partial charge in [0, 0.05) is 24.5 Å². The normalized spacial score (nSPS) is 35.9. The first kappa shape index (κ1) is 23.4. The lowest BCUT2D eigenvalue weighted by Gasteiger charge is -2.56. The van der Waals surface area contributed by atoms with Crippen LogP contribution in [-0.4, -0.2) is 87.1 Å². The number of aliphatic hydroxyl groups excluding tert-OH is 3. The number of ether oxygens (including phenoxy) is 1. The molecule has 0 aliphatic heterocycles. The van der Waals surface area contributed by atoms with Crippen LogP contribution >= 0.6 is 0 Å². The fourth-order valence-electron chi connectivity index (χ4n) is 6.14. The molecule has 3 aliphatic carbocycles. The number of likely N-dealkylation sites (N-methyl/N-ethyl adjacent to an activating group) is 1. The van der Waals surface area contributed by atoms with Crippen molar-refractivity contribution in [1.29, 1.82) is 0 Å². The topological polar surface area (TPSA) is 148 Å². The van der Waals surface area contributed by atoms with Gasteiger partial charge in [-0.1, -0.05) is 19.1 Å². The summed E-state index contributed by atoms with van der Waals surface area (Å²) in [6, 6.07) is 3.57. The van der Waals surface area contributed by atoms with E-state index in [1.54, 1.807) is 33.2 Å². The Morgan fingerprint density at radius 2 is 1.82 bits per heavy atom. The quantitative estimate of drug-likeness (QED) is 0.450. The fraction of sp³-hybridized carbons (Fsp3) is 0.500. The van der Waals surface area contributed by atoms with Gasteiger partial charge in [0.05, 0.1) is 23.3 Å². The van der Waals surface area contributed by atoms with E-state index in [2.05, 4.69) is 0 Å². The minimum Gasteiger partial charge on any atom is -0.510 e. The molecule has 1 aromatic rings. The number of hydrogen-bond acceptors (Lipinski definition) is 9. The molecule has 33 heavy (non-hydrogen) atoms. The van der Waals surface area contributed by atoms with Crippen molar-refractivity contribution in [2.45, 2.75) is 43.6 Å². The second kappa shape index (κ2) is 7.66. The van der Waals surface area contributed by atoms with Gasteiger partial charge in [0.25, 0.3) is 0 Å². The van der Waals surface area contributed by atoms with Crippen molar-refractivity contribution in [1.82, 2.24) is 4.90 Å². The van der Waals surface area contributed by atoms with Gasteiger partial charge in [0.15, 0.2) is 17.2 Å². The number of hydrogen-bond donors (Lipinski definition) is 5. The number of methoxy groups -OCH3 is 1.